The normalized spacial score (nSPS) is 15.6. The van der Waals surface area contributed by atoms with Crippen LogP contribution in [0.2, 0.25) is 0 Å². The minimum absolute atomic E-state index is 0.0274. The fourth-order valence-corrected chi connectivity index (χ4v) is 4.83. The maximum atomic E-state index is 13.8. The molecule has 0 saturated carbocycles. The van der Waals surface area contributed by atoms with Gasteiger partial charge in [0.15, 0.2) is 11.5 Å². The third-order valence-corrected chi connectivity index (χ3v) is 6.76. The molecule has 1 amide bonds. The fourth-order valence-electron chi connectivity index (χ4n) is 4.46. The van der Waals surface area contributed by atoms with E-state index in [2.05, 4.69) is 29.8 Å². The van der Waals surface area contributed by atoms with Crippen LogP contribution in [-0.4, -0.2) is 30.5 Å². The van der Waals surface area contributed by atoms with E-state index >= 15 is 0 Å². The van der Waals surface area contributed by atoms with E-state index in [-0.39, 0.29) is 11.3 Å². The third-order valence-electron chi connectivity index (χ3n) is 6.26. The van der Waals surface area contributed by atoms with Crippen molar-refractivity contribution >= 4 is 44.3 Å². The van der Waals surface area contributed by atoms with Crippen LogP contribution in [0.1, 0.15) is 36.0 Å². The van der Waals surface area contributed by atoms with Crippen molar-refractivity contribution in [3.8, 4) is 11.5 Å². The van der Waals surface area contributed by atoms with Gasteiger partial charge in [-0.15, -0.1) is 0 Å². The Bertz CT molecular complexity index is 1550. The first-order valence-corrected chi connectivity index (χ1v) is 12.9. The lowest BCUT2D eigenvalue weighted by molar-refractivity contribution is -0.117. The summed E-state index contributed by atoms with van der Waals surface area (Å²) < 4.78 is 17.8. The van der Waals surface area contributed by atoms with Gasteiger partial charge in [0.25, 0.3) is 5.91 Å². The predicted molar refractivity (Wildman–Crippen MR) is 148 cm³/mol. The van der Waals surface area contributed by atoms with Gasteiger partial charge >= 0.3 is 0 Å². The summed E-state index contributed by atoms with van der Waals surface area (Å²) in [5.41, 5.74) is 1.56. The second-order valence-electron chi connectivity index (χ2n) is 9.44. The van der Waals surface area contributed by atoms with Crippen LogP contribution in [0.15, 0.2) is 93.0 Å². The minimum atomic E-state index is -0.910. The summed E-state index contributed by atoms with van der Waals surface area (Å²) in [7, 11) is 1.54. The number of amides is 1. The van der Waals surface area contributed by atoms with Gasteiger partial charge in [0.1, 0.15) is 17.1 Å². The quantitative estimate of drug-likeness (QED) is 0.227. The zero-order valence-electron chi connectivity index (χ0n) is 21.1. The van der Waals surface area contributed by atoms with Crippen molar-refractivity contribution in [2.75, 3.05) is 18.6 Å². The molecule has 3 aromatic carbocycles. The first kappa shape index (κ1) is 25.6. The number of fused-ring (bicyclic) bond motifs is 1. The van der Waals surface area contributed by atoms with E-state index in [9.17, 15) is 14.7 Å². The molecule has 8 heteroatoms. The summed E-state index contributed by atoms with van der Waals surface area (Å²) in [6, 6.07) is 20.2. The molecular weight excluding hydrogens is 550 g/mol. The van der Waals surface area contributed by atoms with Gasteiger partial charge in [0, 0.05) is 15.5 Å². The van der Waals surface area contributed by atoms with Gasteiger partial charge in [0.05, 0.1) is 25.3 Å². The van der Waals surface area contributed by atoms with Gasteiger partial charge in [-0.25, -0.2) is 0 Å². The Morgan fingerprint density at radius 1 is 1.05 bits per heavy atom. The average molecular weight is 576 g/mol. The Morgan fingerprint density at radius 3 is 2.53 bits per heavy atom. The predicted octanol–water partition coefficient (Wildman–Crippen LogP) is 7.02. The third kappa shape index (κ3) is 4.79. The number of aliphatic hydroxyl groups is 1. The number of halogens is 1. The van der Waals surface area contributed by atoms with E-state index in [0.29, 0.717) is 40.9 Å². The number of methoxy groups -OCH3 is 1. The lowest BCUT2D eigenvalue weighted by atomic mass is 9.94. The van der Waals surface area contributed by atoms with E-state index in [0.717, 1.165) is 9.86 Å². The molecule has 0 spiro atoms. The highest BCUT2D eigenvalue weighted by Gasteiger charge is 2.45. The molecule has 1 N–H and O–H groups in total. The van der Waals surface area contributed by atoms with Crippen LogP contribution in [0.5, 0.6) is 11.5 Å². The average Bonchev–Trinajstić information content (AvgIpc) is 3.45. The zero-order valence-corrected chi connectivity index (χ0v) is 22.7. The molecule has 38 heavy (non-hydrogen) atoms. The molecule has 1 aliphatic heterocycles. The highest BCUT2D eigenvalue weighted by Crippen LogP contribution is 2.43. The number of hydrogen-bond donors (Lipinski definition) is 1. The van der Waals surface area contributed by atoms with Crippen LogP contribution in [0.4, 0.5) is 5.69 Å². The number of hydrogen-bond acceptors (Lipinski definition) is 6. The number of furan rings is 1. The van der Waals surface area contributed by atoms with Crippen molar-refractivity contribution in [3.05, 3.63) is 99.9 Å². The highest BCUT2D eigenvalue weighted by atomic mass is 79.9. The molecule has 0 bridgehead atoms. The van der Waals surface area contributed by atoms with Crippen LogP contribution in [-0.2, 0) is 4.79 Å². The van der Waals surface area contributed by atoms with E-state index in [1.807, 2.05) is 12.1 Å². The summed E-state index contributed by atoms with van der Waals surface area (Å²) >= 11 is 3.42. The van der Waals surface area contributed by atoms with Gasteiger partial charge in [-0.1, -0.05) is 41.9 Å². The number of carbonyl (C=O) groups excluding carboxylic acids is 2. The number of Topliss-reactive ketones (excluding diaryl/α,β-unsaturated/α-hetero) is 1. The number of rotatable bonds is 8. The molecule has 2 heterocycles. The summed E-state index contributed by atoms with van der Waals surface area (Å²) in [5.74, 6) is -0.273. The van der Waals surface area contributed by atoms with Crippen molar-refractivity contribution in [1.82, 2.24) is 0 Å². The SMILES string of the molecule is COc1cccc(C2C(C(=O)c3cc4cc(Br)ccc4o3)=C(O)C(=O)N2c2ccc(OCC(C)C)cc2)c1. The number of carbonyl (C=O) groups is 2. The van der Waals surface area contributed by atoms with Crippen LogP contribution in [0.25, 0.3) is 11.0 Å². The topological polar surface area (TPSA) is 89.2 Å². The molecule has 4 aromatic rings. The molecule has 0 aliphatic carbocycles. The second kappa shape index (κ2) is 10.4. The number of anilines is 1. The molecule has 1 atom stereocenters. The van der Waals surface area contributed by atoms with E-state index in [1.165, 1.54) is 4.90 Å². The smallest absolute Gasteiger partial charge is 0.294 e. The molecule has 1 unspecified atom stereocenters. The van der Waals surface area contributed by atoms with Crippen molar-refractivity contribution in [2.45, 2.75) is 19.9 Å². The Kier molecular flexibility index (Phi) is 6.99. The first-order valence-electron chi connectivity index (χ1n) is 12.1. The Labute approximate surface area is 228 Å². The van der Waals surface area contributed by atoms with Gasteiger partial charge in [-0.05, 0) is 72.1 Å². The molecule has 1 aliphatic rings. The van der Waals surface area contributed by atoms with Gasteiger partial charge in [-0.3, -0.25) is 14.5 Å². The lowest BCUT2D eigenvalue weighted by Gasteiger charge is -2.27. The van der Waals surface area contributed by atoms with Gasteiger partial charge < -0.3 is 19.0 Å². The van der Waals surface area contributed by atoms with Crippen molar-refractivity contribution in [1.29, 1.82) is 0 Å². The summed E-state index contributed by atoms with van der Waals surface area (Å²) in [4.78, 5) is 28.7. The number of nitrogens with zero attached hydrogens (tertiary/aromatic N) is 1. The molecule has 7 nitrogen and oxygen atoms in total. The largest absolute Gasteiger partial charge is 0.503 e. The van der Waals surface area contributed by atoms with Gasteiger partial charge in [-0.2, -0.15) is 0 Å². The Morgan fingerprint density at radius 2 is 1.82 bits per heavy atom. The van der Waals surface area contributed by atoms with E-state index < -0.39 is 23.5 Å². The van der Waals surface area contributed by atoms with Gasteiger partial charge in [0.2, 0.25) is 5.78 Å². The zero-order chi connectivity index (χ0) is 27.0. The highest BCUT2D eigenvalue weighted by molar-refractivity contribution is 9.10. The molecular formula is C30H26BrNO6. The molecule has 0 radical (unpaired) electrons. The second-order valence-corrected chi connectivity index (χ2v) is 10.4. The van der Waals surface area contributed by atoms with Crippen LogP contribution in [0, 0.1) is 5.92 Å². The summed E-state index contributed by atoms with van der Waals surface area (Å²) in [5, 5.41) is 11.8. The number of aliphatic hydroxyl groups excluding tert-OH is 1. The first-order chi connectivity index (χ1) is 18.3. The minimum Gasteiger partial charge on any atom is -0.503 e. The Hall–Kier alpha value is -4.04. The summed E-state index contributed by atoms with van der Waals surface area (Å²) in [6.45, 7) is 4.68. The molecule has 1 aromatic heterocycles. The van der Waals surface area contributed by atoms with Crippen molar-refractivity contribution < 1.29 is 28.6 Å². The van der Waals surface area contributed by atoms with Crippen LogP contribution >= 0.6 is 15.9 Å². The number of ether oxygens (including phenoxy) is 2. The molecule has 0 fully saturated rings. The van der Waals surface area contributed by atoms with Crippen molar-refractivity contribution in [2.24, 2.45) is 5.92 Å². The molecule has 194 valence electrons. The standard InChI is InChI=1S/C30H26BrNO6/c1-17(2)16-37-22-10-8-21(9-11-22)32-27(18-5-4-6-23(14-18)36-3)26(29(34)30(32)35)28(33)25-15-19-13-20(31)7-12-24(19)38-25/h4-15,17,27,34H,16H2,1-3H3. The summed E-state index contributed by atoms with van der Waals surface area (Å²) in [6.07, 6.45) is 0. The fraction of sp³-hybridized carbons (Fsp3) is 0.200. The number of benzene rings is 3. The van der Waals surface area contributed by atoms with E-state index in [1.54, 1.807) is 67.8 Å². The number of ketones is 1. The lowest BCUT2D eigenvalue weighted by Crippen LogP contribution is -2.31. The van der Waals surface area contributed by atoms with E-state index in [4.69, 9.17) is 13.9 Å². The monoisotopic (exact) mass is 575 g/mol. The maximum Gasteiger partial charge on any atom is 0.294 e. The van der Waals surface area contributed by atoms with Crippen molar-refractivity contribution in [3.63, 3.8) is 0 Å². The van der Waals surface area contributed by atoms with Crippen LogP contribution in [0.3, 0.4) is 0 Å². The maximum absolute atomic E-state index is 13.8. The molecule has 0 saturated heterocycles. The Balaban J connectivity index is 1.58. The van der Waals surface area contributed by atoms with Crippen LogP contribution < -0.4 is 14.4 Å². The molecule has 5 rings (SSSR count).